The second-order valence-corrected chi connectivity index (χ2v) is 7.34. The smallest absolute Gasteiger partial charge is 0.263 e. The second-order valence-electron chi connectivity index (χ2n) is 5.77. The van der Waals surface area contributed by atoms with Crippen LogP contribution in [0, 0.1) is 13.8 Å². The molecule has 4 heteroatoms. The summed E-state index contributed by atoms with van der Waals surface area (Å²) in [4.78, 5) is 0.195. The molecule has 0 spiro atoms. The maximum Gasteiger partial charge on any atom is 0.297 e. The number of aryl methyl sites for hydroxylation is 2. The van der Waals surface area contributed by atoms with Gasteiger partial charge in [0.05, 0.1) is 11.0 Å². The van der Waals surface area contributed by atoms with Crippen molar-refractivity contribution in [1.82, 2.24) is 0 Å². The molecule has 118 valence electrons. The van der Waals surface area contributed by atoms with Gasteiger partial charge in [0.1, 0.15) is 0 Å². The largest absolute Gasteiger partial charge is 0.297 e. The van der Waals surface area contributed by atoms with E-state index in [2.05, 4.69) is 0 Å². The first kappa shape index (κ1) is 16.7. The van der Waals surface area contributed by atoms with Gasteiger partial charge in [-0.15, -0.1) is 0 Å². The Bertz CT molecular complexity index is 716. The molecule has 2 aromatic carbocycles. The first-order valence-corrected chi connectivity index (χ1v) is 8.77. The molecule has 0 saturated carbocycles. The molecule has 0 saturated heterocycles. The van der Waals surface area contributed by atoms with Crippen LogP contribution in [0.15, 0.2) is 53.4 Å². The lowest BCUT2D eigenvalue weighted by atomic mass is 9.96. The summed E-state index contributed by atoms with van der Waals surface area (Å²) in [5.74, 6) is -0.0131. The predicted molar refractivity (Wildman–Crippen MR) is 88.5 cm³/mol. The van der Waals surface area contributed by atoms with Crippen LogP contribution < -0.4 is 0 Å². The van der Waals surface area contributed by atoms with Gasteiger partial charge in [-0.25, -0.2) is 0 Å². The van der Waals surface area contributed by atoms with Crippen molar-refractivity contribution < 1.29 is 12.6 Å². The van der Waals surface area contributed by atoms with Gasteiger partial charge in [0.2, 0.25) is 0 Å². The van der Waals surface area contributed by atoms with E-state index in [0.717, 1.165) is 11.1 Å². The normalized spacial score (nSPS) is 14.5. The van der Waals surface area contributed by atoms with Crippen molar-refractivity contribution in [2.24, 2.45) is 0 Å². The lowest BCUT2D eigenvalue weighted by Gasteiger charge is -2.20. The van der Waals surface area contributed by atoms with Crippen LogP contribution in [-0.4, -0.2) is 14.5 Å². The van der Waals surface area contributed by atoms with Crippen LogP contribution in [0.2, 0.25) is 0 Å². The summed E-state index contributed by atoms with van der Waals surface area (Å²) in [7, 11) is -3.74. The Hall–Kier alpha value is -1.65. The molecule has 0 aromatic heterocycles. The molecule has 2 atom stereocenters. The van der Waals surface area contributed by atoms with Gasteiger partial charge in [-0.05, 0) is 38.5 Å². The Balaban J connectivity index is 2.14. The molecule has 2 rings (SSSR count). The van der Waals surface area contributed by atoms with Gasteiger partial charge >= 0.3 is 0 Å². The topological polar surface area (TPSA) is 43.4 Å². The second kappa shape index (κ2) is 6.63. The monoisotopic (exact) mass is 318 g/mol. The predicted octanol–water partition coefficient (Wildman–Crippen LogP) is 4.20. The summed E-state index contributed by atoms with van der Waals surface area (Å²) < 4.78 is 30.0. The van der Waals surface area contributed by atoms with E-state index in [1.165, 1.54) is 5.56 Å². The third-order valence-electron chi connectivity index (χ3n) is 3.90. The minimum absolute atomic E-state index is 0.0131. The molecule has 0 N–H and O–H groups in total. The molecule has 0 aliphatic heterocycles. The quantitative estimate of drug-likeness (QED) is 0.776. The van der Waals surface area contributed by atoms with Crippen LogP contribution >= 0.6 is 0 Å². The molecular formula is C18H22O3S. The zero-order valence-electron chi connectivity index (χ0n) is 13.4. The molecule has 2 aromatic rings. The van der Waals surface area contributed by atoms with Crippen LogP contribution in [-0.2, 0) is 14.3 Å². The number of hydrogen-bond acceptors (Lipinski definition) is 3. The molecule has 0 fully saturated rings. The molecular weight excluding hydrogens is 296 g/mol. The summed E-state index contributed by atoms with van der Waals surface area (Å²) >= 11 is 0. The van der Waals surface area contributed by atoms with Crippen molar-refractivity contribution in [3.8, 4) is 0 Å². The molecule has 0 aliphatic carbocycles. The molecule has 0 heterocycles. The summed E-state index contributed by atoms with van der Waals surface area (Å²) in [6.45, 7) is 7.70. The third-order valence-corrected chi connectivity index (χ3v) is 5.30. The Morgan fingerprint density at radius 1 is 0.818 bits per heavy atom. The van der Waals surface area contributed by atoms with Gasteiger partial charge in [0.25, 0.3) is 10.1 Å². The molecule has 0 aliphatic rings. The zero-order valence-corrected chi connectivity index (χ0v) is 14.2. The molecule has 22 heavy (non-hydrogen) atoms. The fraction of sp³-hybridized carbons (Fsp3) is 0.333. The van der Waals surface area contributed by atoms with E-state index in [4.69, 9.17) is 4.18 Å². The summed E-state index contributed by atoms with van der Waals surface area (Å²) in [5, 5.41) is 0. The van der Waals surface area contributed by atoms with E-state index < -0.39 is 16.2 Å². The first-order chi connectivity index (χ1) is 10.3. The van der Waals surface area contributed by atoms with Gasteiger partial charge in [-0.3, -0.25) is 4.18 Å². The number of rotatable bonds is 5. The van der Waals surface area contributed by atoms with Crippen LogP contribution in [0.4, 0.5) is 0 Å². The zero-order chi connectivity index (χ0) is 16.3. The fourth-order valence-electron chi connectivity index (χ4n) is 2.18. The van der Waals surface area contributed by atoms with E-state index in [1.54, 1.807) is 31.2 Å². The van der Waals surface area contributed by atoms with Crippen LogP contribution in [0.1, 0.15) is 36.5 Å². The van der Waals surface area contributed by atoms with Crippen molar-refractivity contribution in [1.29, 1.82) is 0 Å². The van der Waals surface area contributed by atoms with Crippen LogP contribution in [0.3, 0.4) is 0 Å². The van der Waals surface area contributed by atoms with Crippen molar-refractivity contribution in [3.63, 3.8) is 0 Å². The maximum absolute atomic E-state index is 12.3. The highest BCUT2D eigenvalue weighted by atomic mass is 32.2. The highest BCUT2D eigenvalue weighted by molar-refractivity contribution is 7.86. The van der Waals surface area contributed by atoms with Crippen molar-refractivity contribution in [2.45, 2.75) is 44.6 Å². The Morgan fingerprint density at radius 2 is 1.27 bits per heavy atom. The summed E-state index contributed by atoms with van der Waals surface area (Å²) in [6.07, 6.45) is -0.436. The standard InChI is InChI=1S/C18H22O3S/c1-13-5-9-17(10-6-13)15(3)16(4)21-22(19,20)18-11-7-14(2)8-12-18/h5-12,15-16H,1-4H3/t15-,16-/m1/s1. The Kier molecular flexibility index (Phi) is 5.04. The minimum atomic E-state index is -3.74. The van der Waals surface area contributed by atoms with Crippen LogP contribution in [0.25, 0.3) is 0 Å². The highest BCUT2D eigenvalue weighted by Crippen LogP contribution is 2.25. The number of benzene rings is 2. The van der Waals surface area contributed by atoms with Crippen molar-refractivity contribution in [3.05, 3.63) is 65.2 Å². The first-order valence-electron chi connectivity index (χ1n) is 7.36. The average molecular weight is 318 g/mol. The van der Waals surface area contributed by atoms with Gasteiger partial charge in [0.15, 0.2) is 0 Å². The van der Waals surface area contributed by atoms with E-state index in [9.17, 15) is 8.42 Å². The summed E-state index contributed by atoms with van der Waals surface area (Å²) in [6, 6.07) is 14.8. The lowest BCUT2D eigenvalue weighted by molar-refractivity contribution is 0.203. The van der Waals surface area contributed by atoms with E-state index in [1.807, 2.05) is 45.0 Å². The Morgan fingerprint density at radius 3 is 1.77 bits per heavy atom. The minimum Gasteiger partial charge on any atom is -0.263 e. The lowest BCUT2D eigenvalue weighted by Crippen LogP contribution is -2.21. The van der Waals surface area contributed by atoms with Gasteiger partial charge in [-0.2, -0.15) is 8.42 Å². The van der Waals surface area contributed by atoms with E-state index in [-0.39, 0.29) is 10.8 Å². The third kappa shape index (κ3) is 3.96. The van der Waals surface area contributed by atoms with Crippen molar-refractivity contribution in [2.75, 3.05) is 0 Å². The molecule has 0 bridgehead atoms. The van der Waals surface area contributed by atoms with Crippen molar-refractivity contribution >= 4 is 10.1 Å². The average Bonchev–Trinajstić information content (AvgIpc) is 2.47. The molecule has 0 amide bonds. The maximum atomic E-state index is 12.3. The molecule has 0 unspecified atom stereocenters. The fourth-order valence-corrected chi connectivity index (χ4v) is 3.33. The highest BCUT2D eigenvalue weighted by Gasteiger charge is 2.23. The number of hydrogen-bond donors (Lipinski definition) is 0. The van der Waals surface area contributed by atoms with Gasteiger partial charge in [-0.1, -0.05) is 54.4 Å². The summed E-state index contributed by atoms with van der Waals surface area (Å²) in [5.41, 5.74) is 3.26. The van der Waals surface area contributed by atoms with Gasteiger partial charge in [0, 0.05) is 5.92 Å². The molecule has 0 radical (unpaired) electrons. The SMILES string of the molecule is Cc1ccc([C@H](C)[C@@H](C)OS(=O)(=O)c2ccc(C)cc2)cc1. The van der Waals surface area contributed by atoms with Crippen LogP contribution in [0.5, 0.6) is 0 Å². The Labute approximate surface area is 133 Å². The van der Waals surface area contributed by atoms with E-state index >= 15 is 0 Å². The van der Waals surface area contributed by atoms with E-state index in [0.29, 0.717) is 0 Å². The van der Waals surface area contributed by atoms with Gasteiger partial charge < -0.3 is 0 Å². The molecule has 3 nitrogen and oxygen atoms in total.